The van der Waals surface area contributed by atoms with Crippen molar-refractivity contribution in [2.24, 2.45) is 0 Å². The molecule has 2 aliphatic rings. The Hall–Kier alpha value is -1.09. The molecule has 98 valence electrons. The van der Waals surface area contributed by atoms with E-state index in [4.69, 9.17) is 0 Å². The lowest BCUT2D eigenvalue weighted by Gasteiger charge is -2.19. The highest BCUT2D eigenvalue weighted by molar-refractivity contribution is 5.58. The Morgan fingerprint density at radius 3 is 3.00 bits per heavy atom. The highest BCUT2D eigenvalue weighted by Gasteiger charge is 2.20. The van der Waals surface area contributed by atoms with Crippen LogP contribution in [-0.2, 0) is 6.42 Å². The van der Waals surface area contributed by atoms with Crippen LogP contribution in [0.3, 0.4) is 0 Å². The van der Waals surface area contributed by atoms with Gasteiger partial charge in [0.05, 0.1) is 0 Å². The number of anilines is 1. The molecule has 1 fully saturated rings. The second kappa shape index (κ2) is 5.27. The smallest absolute Gasteiger partial charge is 0.125 e. The Balaban J connectivity index is 1.45. The van der Waals surface area contributed by atoms with E-state index in [0.717, 1.165) is 37.8 Å². The molecule has 3 rings (SSSR count). The Morgan fingerprint density at radius 2 is 2.17 bits per heavy atom. The minimum Gasteiger partial charge on any atom is -0.371 e. The van der Waals surface area contributed by atoms with Crippen LogP contribution in [0.1, 0.15) is 31.2 Å². The van der Waals surface area contributed by atoms with Crippen molar-refractivity contribution < 1.29 is 4.39 Å². The van der Waals surface area contributed by atoms with Crippen LogP contribution < -0.4 is 10.2 Å². The second-order valence-corrected chi connectivity index (χ2v) is 5.45. The summed E-state index contributed by atoms with van der Waals surface area (Å²) in [7, 11) is 0. The number of nitrogens with zero attached hydrogens (tertiary/aromatic N) is 1. The number of nitrogens with one attached hydrogen (secondary N) is 1. The molecule has 1 aliphatic carbocycles. The summed E-state index contributed by atoms with van der Waals surface area (Å²) >= 11 is 0. The SMILES string of the molecule is Fc1ccc2c(c1)N(CCCCNC1CC1)CC2. The van der Waals surface area contributed by atoms with Gasteiger partial charge in [0.1, 0.15) is 5.82 Å². The predicted molar refractivity (Wildman–Crippen MR) is 72.6 cm³/mol. The van der Waals surface area contributed by atoms with Crippen LogP contribution in [0.15, 0.2) is 18.2 Å². The molecule has 0 atom stereocenters. The zero-order valence-corrected chi connectivity index (χ0v) is 10.8. The van der Waals surface area contributed by atoms with Crippen LogP contribution >= 0.6 is 0 Å². The fourth-order valence-electron chi connectivity index (χ4n) is 2.67. The van der Waals surface area contributed by atoms with Gasteiger partial charge in [-0.05, 0) is 56.3 Å². The molecule has 0 amide bonds. The van der Waals surface area contributed by atoms with E-state index in [2.05, 4.69) is 10.2 Å². The number of halogens is 1. The lowest BCUT2D eigenvalue weighted by atomic mass is 10.1. The number of rotatable bonds is 6. The van der Waals surface area contributed by atoms with Crippen LogP contribution in [0.25, 0.3) is 0 Å². The first-order chi connectivity index (χ1) is 8.83. The molecule has 1 aliphatic heterocycles. The van der Waals surface area contributed by atoms with Crippen molar-refractivity contribution in [2.75, 3.05) is 24.5 Å². The van der Waals surface area contributed by atoms with Gasteiger partial charge in [-0.3, -0.25) is 0 Å². The minimum absolute atomic E-state index is 0.115. The van der Waals surface area contributed by atoms with Gasteiger partial charge in [-0.25, -0.2) is 4.39 Å². The molecule has 0 spiro atoms. The molecule has 0 bridgehead atoms. The first-order valence-electron chi connectivity index (χ1n) is 7.10. The van der Waals surface area contributed by atoms with E-state index in [1.807, 2.05) is 6.07 Å². The number of fused-ring (bicyclic) bond motifs is 1. The molecule has 18 heavy (non-hydrogen) atoms. The predicted octanol–water partition coefficient (Wildman–Crippen LogP) is 2.72. The number of hydrogen-bond acceptors (Lipinski definition) is 2. The van der Waals surface area contributed by atoms with Gasteiger partial charge in [0, 0.05) is 24.8 Å². The van der Waals surface area contributed by atoms with Gasteiger partial charge in [0.2, 0.25) is 0 Å². The maximum absolute atomic E-state index is 13.2. The Morgan fingerprint density at radius 1 is 1.28 bits per heavy atom. The first kappa shape index (κ1) is 12.0. The number of unbranched alkanes of at least 4 members (excludes halogenated alkanes) is 1. The zero-order valence-electron chi connectivity index (χ0n) is 10.8. The molecule has 2 nitrogen and oxygen atoms in total. The fourth-order valence-corrected chi connectivity index (χ4v) is 2.67. The third-order valence-corrected chi connectivity index (χ3v) is 3.90. The highest BCUT2D eigenvalue weighted by Crippen LogP contribution is 2.28. The van der Waals surface area contributed by atoms with Crippen molar-refractivity contribution >= 4 is 5.69 Å². The summed E-state index contributed by atoms with van der Waals surface area (Å²) in [4.78, 5) is 2.33. The van der Waals surface area contributed by atoms with E-state index in [-0.39, 0.29) is 5.82 Å². The molecule has 0 aromatic heterocycles. The maximum atomic E-state index is 13.2. The monoisotopic (exact) mass is 248 g/mol. The summed E-state index contributed by atoms with van der Waals surface area (Å²) in [5, 5.41) is 3.53. The topological polar surface area (TPSA) is 15.3 Å². The fraction of sp³-hybridized carbons (Fsp3) is 0.600. The molecule has 3 heteroatoms. The van der Waals surface area contributed by atoms with Gasteiger partial charge in [-0.1, -0.05) is 6.07 Å². The molecule has 1 aromatic carbocycles. The van der Waals surface area contributed by atoms with Crippen LogP contribution in [0.2, 0.25) is 0 Å². The van der Waals surface area contributed by atoms with Crippen molar-refractivity contribution in [3.05, 3.63) is 29.6 Å². The van der Waals surface area contributed by atoms with Crippen LogP contribution in [-0.4, -0.2) is 25.7 Å². The first-order valence-corrected chi connectivity index (χ1v) is 7.10. The van der Waals surface area contributed by atoms with E-state index >= 15 is 0 Å². The van der Waals surface area contributed by atoms with Gasteiger partial charge in [0.15, 0.2) is 0 Å². The Bertz CT molecular complexity index is 415. The van der Waals surface area contributed by atoms with Gasteiger partial charge < -0.3 is 10.2 Å². The summed E-state index contributed by atoms with van der Waals surface area (Å²) < 4.78 is 13.2. The van der Waals surface area contributed by atoms with Crippen molar-refractivity contribution in [3.63, 3.8) is 0 Å². The molecular weight excluding hydrogens is 227 g/mol. The largest absolute Gasteiger partial charge is 0.371 e. The van der Waals surface area contributed by atoms with Crippen molar-refractivity contribution in [2.45, 2.75) is 38.1 Å². The highest BCUT2D eigenvalue weighted by atomic mass is 19.1. The van der Waals surface area contributed by atoms with Crippen molar-refractivity contribution in [1.29, 1.82) is 0 Å². The molecule has 0 radical (unpaired) electrons. The maximum Gasteiger partial charge on any atom is 0.125 e. The molecular formula is C15H21FN2. The average molecular weight is 248 g/mol. The summed E-state index contributed by atoms with van der Waals surface area (Å²) in [6.07, 6.45) is 6.20. The summed E-state index contributed by atoms with van der Waals surface area (Å²) in [6, 6.07) is 6.00. The lowest BCUT2D eigenvalue weighted by molar-refractivity contribution is 0.611. The summed E-state index contributed by atoms with van der Waals surface area (Å²) in [6.45, 7) is 3.24. The third-order valence-electron chi connectivity index (χ3n) is 3.90. The van der Waals surface area contributed by atoms with Crippen LogP contribution in [0, 0.1) is 5.82 Å². The minimum atomic E-state index is -0.115. The van der Waals surface area contributed by atoms with Crippen molar-refractivity contribution in [1.82, 2.24) is 5.32 Å². The molecule has 0 saturated heterocycles. The van der Waals surface area contributed by atoms with Gasteiger partial charge in [-0.2, -0.15) is 0 Å². The Labute approximate surface area is 108 Å². The molecule has 1 heterocycles. The van der Waals surface area contributed by atoms with Gasteiger partial charge >= 0.3 is 0 Å². The van der Waals surface area contributed by atoms with E-state index < -0.39 is 0 Å². The molecule has 1 saturated carbocycles. The molecule has 1 N–H and O–H groups in total. The average Bonchev–Trinajstić information content (AvgIpc) is 3.11. The normalized spacial score (nSPS) is 18.2. The van der Waals surface area contributed by atoms with Crippen molar-refractivity contribution in [3.8, 4) is 0 Å². The van der Waals surface area contributed by atoms with E-state index in [1.54, 1.807) is 12.1 Å². The standard InChI is InChI=1S/C15H21FN2/c16-13-4-3-12-7-10-18(15(12)11-13)9-2-1-8-17-14-5-6-14/h3-4,11,14,17H,1-2,5-10H2. The second-order valence-electron chi connectivity index (χ2n) is 5.45. The number of benzene rings is 1. The summed E-state index contributed by atoms with van der Waals surface area (Å²) in [5.74, 6) is -0.115. The number of hydrogen-bond donors (Lipinski definition) is 1. The van der Waals surface area contributed by atoms with Crippen LogP contribution in [0.5, 0.6) is 0 Å². The Kier molecular flexibility index (Phi) is 3.50. The molecule has 0 unspecified atom stereocenters. The lowest BCUT2D eigenvalue weighted by Crippen LogP contribution is -2.23. The zero-order chi connectivity index (χ0) is 12.4. The third kappa shape index (κ3) is 2.83. The van der Waals surface area contributed by atoms with Gasteiger partial charge in [-0.15, -0.1) is 0 Å². The van der Waals surface area contributed by atoms with E-state index in [0.29, 0.717) is 0 Å². The van der Waals surface area contributed by atoms with E-state index in [9.17, 15) is 4.39 Å². The molecule has 1 aromatic rings. The van der Waals surface area contributed by atoms with E-state index in [1.165, 1.54) is 31.2 Å². The summed E-state index contributed by atoms with van der Waals surface area (Å²) in [5.41, 5.74) is 2.41. The quantitative estimate of drug-likeness (QED) is 0.779. The van der Waals surface area contributed by atoms with Gasteiger partial charge in [0.25, 0.3) is 0 Å². The van der Waals surface area contributed by atoms with Crippen LogP contribution in [0.4, 0.5) is 10.1 Å².